The summed E-state index contributed by atoms with van der Waals surface area (Å²) in [5.74, 6) is 0.286. The van der Waals surface area contributed by atoms with E-state index in [9.17, 15) is 16.8 Å². The lowest BCUT2D eigenvalue weighted by molar-refractivity contribution is 0.296. The largest absolute Gasteiger partial charge is 0.453 e. The molecule has 0 spiro atoms. The van der Waals surface area contributed by atoms with Crippen molar-refractivity contribution in [3.05, 3.63) is 78.1 Å². The molecule has 2 aromatic carbocycles. The molecule has 1 aromatic heterocycles. The highest BCUT2D eigenvalue weighted by atomic mass is 32.2. The zero-order chi connectivity index (χ0) is 22.1. The molecule has 164 valence electrons. The Labute approximate surface area is 187 Å². The van der Waals surface area contributed by atoms with Crippen LogP contribution in [0.25, 0.3) is 0 Å². The van der Waals surface area contributed by atoms with Gasteiger partial charge in [0.25, 0.3) is 0 Å². The molecule has 6 nitrogen and oxygen atoms in total. The van der Waals surface area contributed by atoms with Crippen LogP contribution in [0.2, 0.25) is 0 Å². The van der Waals surface area contributed by atoms with Gasteiger partial charge < -0.3 is 4.42 Å². The summed E-state index contributed by atoms with van der Waals surface area (Å²) in [5, 5.41) is 0.646. The minimum Gasteiger partial charge on any atom is -0.453 e. The monoisotopic (exact) mass is 477 g/mol. The van der Waals surface area contributed by atoms with Crippen LogP contribution in [0.5, 0.6) is 0 Å². The topological polar surface area (TPSA) is 84.7 Å². The number of sulfone groups is 1. The van der Waals surface area contributed by atoms with E-state index in [4.69, 9.17) is 4.42 Å². The van der Waals surface area contributed by atoms with Gasteiger partial charge in [-0.3, -0.25) is 0 Å². The number of aryl methyl sites for hydroxylation is 1. The highest BCUT2D eigenvalue weighted by Crippen LogP contribution is 2.32. The first-order valence-corrected chi connectivity index (χ1v) is 13.9. The van der Waals surface area contributed by atoms with Crippen molar-refractivity contribution in [3.63, 3.8) is 0 Å². The Kier molecular flexibility index (Phi) is 6.30. The fourth-order valence-corrected chi connectivity index (χ4v) is 7.77. The first kappa shape index (κ1) is 22.1. The van der Waals surface area contributed by atoms with Crippen LogP contribution in [0.15, 0.2) is 86.0 Å². The van der Waals surface area contributed by atoms with Crippen molar-refractivity contribution in [1.29, 1.82) is 0 Å². The van der Waals surface area contributed by atoms with E-state index in [1.807, 2.05) is 37.3 Å². The lowest BCUT2D eigenvalue weighted by Crippen LogP contribution is -2.40. The van der Waals surface area contributed by atoms with Gasteiger partial charge in [0.15, 0.2) is 14.9 Å². The molecule has 0 saturated carbocycles. The van der Waals surface area contributed by atoms with Crippen molar-refractivity contribution in [1.82, 2.24) is 4.31 Å². The van der Waals surface area contributed by atoms with E-state index in [-0.39, 0.29) is 29.4 Å². The first-order valence-electron chi connectivity index (χ1n) is 9.83. The maximum atomic E-state index is 13.4. The summed E-state index contributed by atoms with van der Waals surface area (Å²) in [6, 6.07) is 19.2. The van der Waals surface area contributed by atoms with E-state index in [0.717, 1.165) is 10.5 Å². The Morgan fingerprint density at radius 2 is 1.74 bits per heavy atom. The molecule has 1 atom stereocenters. The van der Waals surface area contributed by atoms with Crippen molar-refractivity contribution in [2.75, 3.05) is 11.5 Å². The molecule has 1 aliphatic rings. The third kappa shape index (κ3) is 5.23. The number of furan rings is 1. The fraction of sp³-hybridized carbons (Fsp3) is 0.273. The quantitative estimate of drug-likeness (QED) is 0.509. The zero-order valence-corrected chi connectivity index (χ0v) is 19.4. The molecule has 2 heterocycles. The summed E-state index contributed by atoms with van der Waals surface area (Å²) in [5.41, 5.74) is 0.947. The second-order valence-corrected chi connectivity index (χ2v) is 12.8. The number of benzene rings is 2. The Morgan fingerprint density at radius 3 is 2.39 bits per heavy atom. The number of hydrogen-bond donors (Lipinski definition) is 0. The normalized spacial score (nSPS) is 18.5. The van der Waals surface area contributed by atoms with E-state index in [0.29, 0.717) is 10.9 Å². The van der Waals surface area contributed by atoms with E-state index >= 15 is 0 Å². The van der Waals surface area contributed by atoms with Gasteiger partial charge >= 0.3 is 0 Å². The summed E-state index contributed by atoms with van der Waals surface area (Å²) in [6.45, 7) is 1.86. The first-order chi connectivity index (χ1) is 14.7. The molecule has 1 aliphatic heterocycles. The van der Waals surface area contributed by atoms with Crippen LogP contribution in [0.3, 0.4) is 0 Å². The SMILES string of the molecule is Cc1ccc(S(=O)(=O)N(Cc2ccc(Sc3ccccc3)o2)[C@@H]2CCS(=O)(=O)C2)cc1. The number of sulfonamides is 1. The second-order valence-electron chi connectivity index (χ2n) is 7.56. The molecule has 0 N–H and O–H groups in total. The van der Waals surface area contributed by atoms with Gasteiger partial charge in [-0.1, -0.05) is 47.7 Å². The minimum absolute atomic E-state index is 0.00908. The molecule has 3 aromatic rings. The standard InChI is InChI=1S/C22H23NO5S3/c1-17-7-10-21(11-8-17)31(26,27)23(18-13-14-30(24,25)16-18)15-19-9-12-22(28-19)29-20-5-3-2-4-6-20/h2-12,18H,13-16H2,1H3/t18-/m1/s1. The number of rotatable bonds is 7. The molecule has 4 rings (SSSR count). The zero-order valence-electron chi connectivity index (χ0n) is 17.0. The van der Waals surface area contributed by atoms with Gasteiger partial charge in [-0.15, -0.1) is 0 Å². The molecule has 0 unspecified atom stereocenters. The average molecular weight is 478 g/mol. The molecular weight excluding hydrogens is 454 g/mol. The Bertz CT molecular complexity index is 1250. The van der Waals surface area contributed by atoms with Gasteiger partial charge in [-0.05, 0) is 49.7 Å². The third-order valence-electron chi connectivity index (χ3n) is 5.15. The maximum Gasteiger partial charge on any atom is 0.243 e. The summed E-state index contributed by atoms with van der Waals surface area (Å²) in [7, 11) is -7.16. The van der Waals surface area contributed by atoms with Crippen molar-refractivity contribution in [3.8, 4) is 0 Å². The minimum atomic E-state index is -3.90. The Hall–Kier alpha value is -2.07. The molecule has 0 aliphatic carbocycles. The molecule has 31 heavy (non-hydrogen) atoms. The summed E-state index contributed by atoms with van der Waals surface area (Å²) >= 11 is 1.44. The van der Waals surface area contributed by atoms with Gasteiger partial charge in [0.05, 0.1) is 22.9 Å². The summed E-state index contributed by atoms with van der Waals surface area (Å²) < 4.78 is 58.1. The van der Waals surface area contributed by atoms with Crippen LogP contribution < -0.4 is 0 Å². The van der Waals surface area contributed by atoms with Crippen molar-refractivity contribution in [2.45, 2.75) is 40.8 Å². The van der Waals surface area contributed by atoms with Crippen LogP contribution >= 0.6 is 11.8 Å². The number of hydrogen-bond acceptors (Lipinski definition) is 6. The smallest absolute Gasteiger partial charge is 0.243 e. The van der Waals surface area contributed by atoms with E-state index in [1.165, 1.54) is 16.1 Å². The summed E-state index contributed by atoms with van der Waals surface area (Å²) in [4.78, 5) is 1.15. The Balaban J connectivity index is 1.62. The molecule has 1 saturated heterocycles. The third-order valence-corrected chi connectivity index (χ3v) is 9.74. The lowest BCUT2D eigenvalue weighted by Gasteiger charge is -2.26. The molecule has 9 heteroatoms. The van der Waals surface area contributed by atoms with Gasteiger partial charge in [-0.2, -0.15) is 4.31 Å². The van der Waals surface area contributed by atoms with Crippen LogP contribution in [0, 0.1) is 6.92 Å². The number of nitrogens with zero attached hydrogens (tertiary/aromatic N) is 1. The maximum absolute atomic E-state index is 13.4. The molecular formula is C22H23NO5S3. The lowest BCUT2D eigenvalue weighted by atomic mass is 10.2. The van der Waals surface area contributed by atoms with Gasteiger partial charge in [0.1, 0.15) is 5.76 Å². The molecule has 1 fully saturated rings. The van der Waals surface area contributed by atoms with Crippen LogP contribution in [-0.2, 0) is 26.4 Å². The average Bonchev–Trinajstić information content (AvgIpc) is 3.32. The molecule has 0 amide bonds. The highest BCUT2D eigenvalue weighted by molar-refractivity contribution is 7.99. The Morgan fingerprint density at radius 1 is 1.03 bits per heavy atom. The van der Waals surface area contributed by atoms with Crippen molar-refractivity contribution < 1.29 is 21.3 Å². The van der Waals surface area contributed by atoms with E-state index in [2.05, 4.69) is 0 Å². The van der Waals surface area contributed by atoms with E-state index < -0.39 is 25.9 Å². The second kappa shape index (κ2) is 8.82. The highest BCUT2D eigenvalue weighted by Gasteiger charge is 2.39. The van der Waals surface area contributed by atoms with Crippen LogP contribution in [0.4, 0.5) is 0 Å². The van der Waals surface area contributed by atoms with Gasteiger partial charge in [-0.25, -0.2) is 16.8 Å². The van der Waals surface area contributed by atoms with Crippen molar-refractivity contribution >= 4 is 31.6 Å². The van der Waals surface area contributed by atoms with Gasteiger partial charge in [0.2, 0.25) is 10.0 Å². The molecule has 0 bridgehead atoms. The van der Waals surface area contributed by atoms with Gasteiger partial charge in [0, 0.05) is 10.9 Å². The predicted molar refractivity (Wildman–Crippen MR) is 120 cm³/mol. The van der Waals surface area contributed by atoms with Crippen molar-refractivity contribution in [2.24, 2.45) is 0 Å². The molecule has 0 radical (unpaired) electrons. The van der Waals surface area contributed by atoms with E-state index in [1.54, 1.807) is 36.4 Å². The van der Waals surface area contributed by atoms with Crippen LogP contribution in [0.1, 0.15) is 17.7 Å². The summed E-state index contributed by atoms with van der Waals surface area (Å²) in [6.07, 6.45) is 0.278. The fourth-order valence-electron chi connectivity index (χ4n) is 3.51. The van der Waals surface area contributed by atoms with Crippen LogP contribution in [-0.4, -0.2) is 38.7 Å². The predicted octanol–water partition coefficient (Wildman–Crippen LogP) is 4.12.